The minimum atomic E-state index is -0.547. The maximum Gasteiger partial charge on any atom is 0.220 e. The van der Waals surface area contributed by atoms with Gasteiger partial charge >= 0.3 is 0 Å². The van der Waals surface area contributed by atoms with E-state index in [1.165, 1.54) is 18.2 Å². The smallest absolute Gasteiger partial charge is 0.220 e. The van der Waals surface area contributed by atoms with Gasteiger partial charge in [-0.2, -0.15) is 0 Å². The maximum absolute atomic E-state index is 13.1. The number of rotatable bonds is 4. The molecule has 0 aliphatic carbocycles. The van der Waals surface area contributed by atoms with Crippen molar-refractivity contribution in [3.05, 3.63) is 24.0 Å². The van der Waals surface area contributed by atoms with Gasteiger partial charge in [0.25, 0.3) is 0 Å². The third-order valence-electron chi connectivity index (χ3n) is 1.59. The first-order valence-electron chi connectivity index (χ1n) is 4.06. The van der Waals surface area contributed by atoms with E-state index in [1.807, 2.05) is 0 Å². The Morgan fingerprint density at radius 2 is 2.21 bits per heavy atom. The number of para-hydroxylation sites is 1. The molecule has 4 N–H and O–H groups in total. The SMILES string of the molecule is NC(=O)CCOc1c(N)cccc1F. The van der Waals surface area contributed by atoms with Gasteiger partial charge in [-0.1, -0.05) is 6.07 Å². The average molecular weight is 198 g/mol. The van der Waals surface area contributed by atoms with E-state index < -0.39 is 11.7 Å². The third-order valence-corrected chi connectivity index (χ3v) is 1.59. The molecule has 1 aromatic carbocycles. The summed E-state index contributed by atoms with van der Waals surface area (Å²) in [5, 5.41) is 0. The van der Waals surface area contributed by atoms with E-state index in [9.17, 15) is 9.18 Å². The summed E-state index contributed by atoms with van der Waals surface area (Å²) in [6, 6.07) is 4.23. The Labute approximate surface area is 80.6 Å². The number of hydrogen-bond donors (Lipinski definition) is 2. The van der Waals surface area contributed by atoms with Gasteiger partial charge in [-0.25, -0.2) is 4.39 Å². The summed E-state index contributed by atoms with van der Waals surface area (Å²) in [4.78, 5) is 10.4. The summed E-state index contributed by atoms with van der Waals surface area (Å²) < 4.78 is 18.0. The van der Waals surface area contributed by atoms with Gasteiger partial charge in [0.2, 0.25) is 5.91 Å². The summed E-state index contributed by atoms with van der Waals surface area (Å²) in [5.41, 5.74) is 10.5. The minimum Gasteiger partial charge on any atom is -0.488 e. The molecule has 0 bridgehead atoms. The van der Waals surface area contributed by atoms with Crippen LogP contribution in [0.2, 0.25) is 0 Å². The van der Waals surface area contributed by atoms with Crippen LogP contribution in [-0.2, 0) is 4.79 Å². The zero-order valence-electron chi connectivity index (χ0n) is 7.50. The zero-order chi connectivity index (χ0) is 10.6. The van der Waals surface area contributed by atoms with Crippen LogP contribution in [0.3, 0.4) is 0 Å². The van der Waals surface area contributed by atoms with Gasteiger partial charge in [0, 0.05) is 0 Å². The van der Waals surface area contributed by atoms with Crippen LogP contribution in [0.4, 0.5) is 10.1 Å². The standard InChI is InChI=1S/C9H11FN2O2/c10-6-2-1-3-7(11)9(6)14-5-4-8(12)13/h1-3H,4-5,11H2,(H2,12,13). The van der Waals surface area contributed by atoms with Crippen LogP contribution in [0.25, 0.3) is 0 Å². The van der Waals surface area contributed by atoms with Gasteiger partial charge < -0.3 is 16.2 Å². The van der Waals surface area contributed by atoms with Crippen molar-refractivity contribution in [1.29, 1.82) is 0 Å². The highest BCUT2D eigenvalue weighted by Gasteiger charge is 2.07. The highest BCUT2D eigenvalue weighted by Crippen LogP contribution is 2.24. The number of primary amides is 1. The number of nitrogen functional groups attached to an aromatic ring is 1. The van der Waals surface area contributed by atoms with Crippen molar-refractivity contribution in [2.24, 2.45) is 5.73 Å². The average Bonchev–Trinajstić information content (AvgIpc) is 2.09. The van der Waals surface area contributed by atoms with Crippen LogP contribution < -0.4 is 16.2 Å². The number of benzene rings is 1. The first-order chi connectivity index (χ1) is 6.61. The highest BCUT2D eigenvalue weighted by atomic mass is 19.1. The second-order valence-corrected chi connectivity index (χ2v) is 2.72. The van der Waals surface area contributed by atoms with Crippen LogP contribution in [0, 0.1) is 5.82 Å². The van der Waals surface area contributed by atoms with Crippen molar-refractivity contribution in [3.63, 3.8) is 0 Å². The first-order valence-corrected chi connectivity index (χ1v) is 4.06. The Bertz CT molecular complexity index is 321. The second kappa shape index (κ2) is 4.45. The van der Waals surface area contributed by atoms with Crippen LogP contribution in [0.1, 0.15) is 6.42 Å². The summed E-state index contributed by atoms with van der Waals surface area (Å²) in [6.07, 6.45) is 0.0355. The van der Waals surface area contributed by atoms with Crippen LogP contribution in [-0.4, -0.2) is 12.5 Å². The molecule has 76 valence electrons. The molecule has 0 unspecified atom stereocenters. The van der Waals surface area contributed by atoms with Crippen LogP contribution in [0.15, 0.2) is 18.2 Å². The monoisotopic (exact) mass is 198 g/mol. The Morgan fingerprint density at radius 3 is 2.79 bits per heavy atom. The molecule has 14 heavy (non-hydrogen) atoms. The number of carbonyl (C=O) groups is 1. The molecule has 0 atom stereocenters. The van der Waals surface area contributed by atoms with Crippen molar-refractivity contribution in [1.82, 2.24) is 0 Å². The Kier molecular flexibility index (Phi) is 3.28. The summed E-state index contributed by atoms with van der Waals surface area (Å²) >= 11 is 0. The number of ether oxygens (including phenoxy) is 1. The van der Waals surface area contributed by atoms with Gasteiger partial charge in [-0.3, -0.25) is 4.79 Å². The fourth-order valence-corrected chi connectivity index (χ4v) is 0.931. The lowest BCUT2D eigenvalue weighted by atomic mass is 10.3. The molecule has 0 aliphatic rings. The third kappa shape index (κ3) is 2.62. The lowest BCUT2D eigenvalue weighted by Gasteiger charge is -2.08. The molecular weight excluding hydrogens is 187 g/mol. The topological polar surface area (TPSA) is 78.3 Å². The van der Waals surface area contributed by atoms with E-state index >= 15 is 0 Å². The van der Waals surface area contributed by atoms with Gasteiger partial charge in [0.15, 0.2) is 11.6 Å². The lowest BCUT2D eigenvalue weighted by Crippen LogP contribution is -2.15. The van der Waals surface area contributed by atoms with Gasteiger partial charge in [0.1, 0.15) is 0 Å². The molecule has 5 heteroatoms. The molecule has 0 spiro atoms. The van der Waals surface area contributed by atoms with E-state index in [2.05, 4.69) is 0 Å². The van der Waals surface area contributed by atoms with Gasteiger partial charge in [0.05, 0.1) is 18.7 Å². The van der Waals surface area contributed by atoms with E-state index in [0.717, 1.165) is 0 Å². The number of anilines is 1. The second-order valence-electron chi connectivity index (χ2n) is 2.72. The fourth-order valence-electron chi connectivity index (χ4n) is 0.931. The van der Waals surface area contributed by atoms with Crippen molar-refractivity contribution < 1.29 is 13.9 Å². The van der Waals surface area contributed by atoms with E-state index in [0.29, 0.717) is 0 Å². The Morgan fingerprint density at radius 1 is 1.50 bits per heavy atom. The predicted molar refractivity (Wildman–Crippen MR) is 50.1 cm³/mol. The molecule has 0 aliphatic heterocycles. The van der Waals surface area contributed by atoms with Crippen LogP contribution >= 0.6 is 0 Å². The molecule has 4 nitrogen and oxygen atoms in total. The zero-order valence-corrected chi connectivity index (χ0v) is 7.50. The number of carbonyl (C=O) groups excluding carboxylic acids is 1. The minimum absolute atomic E-state index is 0.0282. The summed E-state index contributed by atoms with van der Waals surface area (Å²) in [5.74, 6) is -1.08. The van der Waals surface area contributed by atoms with E-state index in [4.69, 9.17) is 16.2 Å². The molecule has 1 aromatic rings. The Hall–Kier alpha value is -1.78. The van der Waals surface area contributed by atoms with E-state index in [-0.39, 0.29) is 24.5 Å². The molecule has 0 saturated carbocycles. The largest absolute Gasteiger partial charge is 0.488 e. The number of amides is 1. The van der Waals surface area contributed by atoms with E-state index in [1.54, 1.807) is 0 Å². The van der Waals surface area contributed by atoms with Crippen molar-refractivity contribution >= 4 is 11.6 Å². The first kappa shape index (κ1) is 10.3. The van der Waals surface area contributed by atoms with Crippen LogP contribution in [0.5, 0.6) is 5.75 Å². The molecule has 0 radical (unpaired) electrons. The quantitative estimate of drug-likeness (QED) is 0.697. The van der Waals surface area contributed by atoms with Crippen molar-refractivity contribution in [3.8, 4) is 5.75 Å². The van der Waals surface area contributed by atoms with Crippen molar-refractivity contribution in [2.45, 2.75) is 6.42 Å². The number of hydrogen-bond acceptors (Lipinski definition) is 3. The molecule has 1 rings (SSSR count). The highest BCUT2D eigenvalue weighted by molar-refractivity contribution is 5.73. The lowest BCUT2D eigenvalue weighted by molar-refractivity contribution is -0.118. The predicted octanol–water partition coefficient (Wildman–Crippen LogP) is 0.662. The summed E-state index contributed by atoms with van der Waals surface area (Å²) in [6.45, 7) is 0.0282. The maximum atomic E-state index is 13.1. The van der Waals surface area contributed by atoms with Crippen molar-refractivity contribution in [2.75, 3.05) is 12.3 Å². The molecular formula is C9H11FN2O2. The number of halogens is 1. The summed E-state index contributed by atoms with van der Waals surface area (Å²) in [7, 11) is 0. The fraction of sp³-hybridized carbons (Fsp3) is 0.222. The molecule has 0 fully saturated rings. The van der Waals surface area contributed by atoms with Gasteiger partial charge in [-0.05, 0) is 12.1 Å². The molecule has 0 aromatic heterocycles. The van der Waals surface area contributed by atoms with Gasteiger partial charge in [-0.15, -0.1) is 0 Å². The molecule has 1 amide bonds. The molecule has 0 heterocycles. The molecule has 0 saturated heterocycles. The normalized spacial score (nSPS) is 9.79. The number of nitrogens with two attached hydrogens (primary N) is 2. The Balaban J connectivity index is 2.62.